The van der Waals surface area contributed by atoms with Gasteiger partial charge in [0.1, 0.15) is 22.8 Å². The fraction of sp³-hybridized carbons (Fsp3) is 0.333. The van der Waals surface area contributed by atoms with Gasteiger partial charge in [0, 0.05) is 31.1 Å². The van der Waals surface area contributed by atoms with Gasteiger partial charge in [-0.2, -0.15) is 4.31 Å². The summed E-state index contributed by atoms with van der Waals surface area (Å²) in [6.45, 7) is 4.08. The Bertz CT molecular complexity index is 1070. The highest BCUT2D eigenvalue weighted by Crippen LogP contribution is 2.30. The third kappa shape index (κ3) is 3.54. The Morgan fingerprint density at radius 2 is 1.85 bits per heavy atom. The number of anilines is 1. The van der Waals surface area contributed by atoms with Gasteiger partial charge in [0.2, 0.25) is 10.0 Å². The quantitative estimate of drug-likeness (QED) is 0.669. The van der Waals surface area contributed by atoms with Crippen LogP contribution < -0.4 is 4.90 Å². The molecule has 0 bridgehead atoms. The van der Waals surface area contributed by atoms with Crippen LogP contribution in [-0.2, 0) is 10.0 Å². The first-order chi connectivity index (χ1) is 12.9. The topological polar surface area (TPSA) is 66.4 Å². The number of hydrogen-bond donors (Lipinski definition) is 0. The van der Waals surface area contributed by atoms with Gasteiger partial charge in [-0.3, -0.25) is 0 Å². The summed E-state index contributed by atoms with van der Waals surface area (Å²) in [6.07, 6.45) is 2.25. The number of sulfonamides is 1. The van der Waals surface area contributed by atoms with Crippen LogP contribution in [-0.4, -0.2) is 48.9 Å². The number of aryl methyl sites for hydroxylation is 1. The van der Waals surface area contributed by atoms with Crippen molar-refractivity contribution in [2.75, 3.05) is 31.1 Å². The molecule has 1 aliphatic heterocycles. The highest BCUT2D eigenvalue weighted by Gasteiger charge is 2.28. The highest BCUT2D eigenvalue weighted by molar-refractivity contribution is 7.89. The average molecular weight is 407 g/mol. The van der Waals surface area contributed by atoms with Crippen molar-refractivity contribution in [2.45, 2.75) is 18.2 Å². The van der Waals surface area contributed by atoms with Gasteiger partial charge in [0.05, 0.1) is 10.3 Å². The van der Waals surface area contributed by atoms with Gasteiger partial charge >= 0.3 is 0 Å². The van der Waals surface area contributed by atoms with Crippen molar-refractivity contribution >= 4 is 37.4 Å². The van der Waals surface area contributed by atoms with Crippen molar-refractivity contribution in [3.05, 3.63) is 47.4 Å². The fourth-order valence-corrected chi connectivity index (χ4v) is 5.63. The number of hydrogen-bond acceptors (Lipinski definition) is 6. The van der Waals surface area contributed by atoms with Crippen molar-refractivity contribution in [3.8, 4) is 0 Å². The van der Waals surface area contributed by atoms with Gasteiger partial charge in [0.15, 0.2) is 0 Å². The van der Waals surface area contributed by atoms with Crippen LogP contribution in [0.25, 0.3) is 10.2 Å². The highest BCUT2D eigenvalue weighted by atomic mass is 32.2. The minimum atomic E-state index is -3.64. The van der Waals surface area contributed by atoms with Crippen LogP contribution in [0.15, 0.2) is 41.6 Å². The van der Waals surface area contributed by atoms with E-state index in [9.17, 15) is 12.8 Å². The summed E-state index contributed by atoms with van der Waals surface area (Å²) < 4.78 is 40.3. The van der Waals surface area contributed by atoms with Crippen LogP contribution >= 0.6 is 11.3 Å². The zero-order valence-electron chi connectivity index (χ0n) is 14.8. The van der Waals surface area contributed by atoms with Crippen molar-refractivity contribution in [3.63, 3.8) is 0 Å². The molecule has 0 aliphatic carbocycles. The molecule has 0 N–H and O–H groups in total. The van der Waals surface area contributed by atoms with E-state index in [1.807, 2.05) is 6.92 Å². The maximum atomic E-state index is 13.1. The summed E-state index contributed by atoms with van der Waals surface area (Å²) >= 11 is 1.62. The van der Waals surface area contributed by atoms with E-state index in [-0.39, 0.29) is 4.90 Å². The predicted octanol–water partition coefficient (Wildman–Crippen LogP) is 3.04. The van der Waals surface area contributed by atoms with Crippen molar-refractivity contribution < 1.29 is 12.8 Å². The second-order valence-electron chi connectivity index (χ2n) is 6.47. The molecule has 0 atom stereocenters. The molecule has 3 aromatic rings. The molecule has 142 valence electrons. The Labute approximate surface area is 161 Å². The van der Waals surface area contributed by atoms with Gasteiger partial charge in [-0.1, -0.05) is 0 Å². The van der Waals surface area contributed by atoms with Crippen molar-refractivity contribution in [1.29, 1.82) is 0 Å². The number of benzene rings is 1. The summed E-state index contributed by atoms with van der Waals surface area (Å²) in [5.74, 6) is 0.403. The Balaban J connectivity index is 1.58. The normalized spacial score (nSPS) is 16.6. The molecule has 6 nitrogen and oxygen atoms in total. The number of aromatic nitrogens is 2. The third-order valence-electron chi connectivity index (χ3n) is 4.64. The van der Waals surface area contributed by atoms with E-state index in [2.05, 4.69) is 20.9 Å². The van der Waals surface area contributed by atoms with Crippen LogP contribution in [0.4, 0.5) is 10.2 Å². The molecule has 9 heteroatoms. The first-order valence-corrected chi connectivity index (χ1v) is 10.9. The predicted molar refractivity (Wildman–Crippen MR) is 104 cm³/mol. The lowest BCUT2D eigenvalue weighted by Gasteiger charge is -2.23. The summed E-state index contributed by atoms with van der Waals surface area (Å²) in [7, 11) is -3.64. The molecule has 0 radical (unpaired) electrons. The molecule has 4 rings (SSSR count). The van der Waals surface area contributed by atoms with Gasteiger partial charge in [0.25, 0.3) is 0 Å². The molecule has 1 aliphatic rings. The van der Waals surface area contributed by atoms with Gasteiger partial charge in [-0.25, -0.2) is 22.8 Å². The lowest BCUT2D eigenvalue weighted by atomic mass is 10.3. The lowest BCUT2D eigenvalue weighted by Crippen LogP contribution is -2.35. The summed E-state index contributed by atoms with van der Waals surface area (Å²) in [5.41, 5.74) is 0. The summed E-state index contributed by atoms with van der Waals surface area (Å²) in [5, 5.41) is 1.01. The van der Waals surface area contributed by atoms with Gasteiger partial charge in [-0.05, 0) is 43.7 Å². The zero-order chi connectivity index (χ0) is 19.0. The Morgan fingerprint density at radius 3 is 2.63 bits per heavy atom. The molecule has 3 heterocycles. The molecule has 1 aromatic carbocycles. The van der Waals surface area contributed by atoms with Crippen molar-refractivity contribution in [2.24, 2.45) is 0 Å². The first kappa shape index (κ1) is 18.3. The number of halogens is 1. The van der Waals surface area contributed by atoms with E-state index in [4.69, 9.17) is 0 Å². The largest absolute Gasteiger partial charge is 0.355 e. The number of nitrogens with zero attached hydrogens (tertiary/aromatic N) is 4. The average Bonchev–Trinajstić information content (AvgIpc) is 2.86. The minimum absolute atomic E-state index is 0.121. The van der Waals surface area contributed by atoms with Crippen LogP contribution in [0.2, 0.25) is 0 Å². The fourth-order valence-electron chi connectivity index (χ4n) is 3.32. The molecule has 0 unspecified atom stereocenters. The molecular weight excluding hydrogens is 387 g/mol. The Kier molecular flexibility index (Phi) is 4.83. The number of thiophene rings is 1. The SMILES string of the molecule is Cc1cc2c(N3CCCN(S(=O)(=O)c4ccc(F)cc4)CC3)ncnc2s1. The molecule has 0 saturated carbocycles. The van der Waals surface area contributed by atoms with Crippen molar-refractivity contribution in [1.82, 2.24) is 14.3 Å². The maximum Gasteiger partial charge on any atom is 0.243 e. The van der Waals surface area contributed by atoms with E-state index < -0.39 is 15.8 Å². The zero-order valence-corrected chi connectivity index (χ0v) is 16.4. The summed E-state index contributed by atoms with van der Waals surface area (Å²) in [4.78, 5) is 13.1. The second-order valence-corrected chi connectivity index (χ2v) is 9.64. The van der Waals surface area contributed by atoms with E-state index in [0.29, 0.717) is 26.1 Å². The number of fused-ring (bicyclic) bond motifs is 1. The minimum Gasteiger partial charge on any atom is -0.355 e. The van der Waals surface area contributed by atoms with E-state index >= 15 is 0 Å². The standard InChI is InChI=1S/C18H19FN4O2S2/c1-13-11-16-17(20-12-21-18(16)26-13)22-7-2-8-23(10-9-22)27(24,25)15-5-3-14(19)4-6-15/h3-6,11-12H,2,7-10H2,1H3. The Hall–Kier alpha value is -2.10. The van der Waals surface area contributed by atoms with E-state index in [1.54, 1.807) is 17.7 Å². The molecule has 0 amide bonds. The van der Waals surface area contributed by atoms with Crippen LogP contribution in [0.3, 0.4) is 0 Å². The van der Waals surface area contributed by atoms with E-state index in [0.717, 1.165) is 22.6 Å². The molecule has 1 saturated heterocycles. The van der Waals surface area contributed by atoms with E-state index in [1.165, 1.54) is 33.4 Å². The monoisotopic (exact) mass is 406 g/mol. The smallest absolute Gasteiger partial charge is 0.243 e. The van der Waals surface area contributed by atoms with Crippen LogP contribution in [0, 0.1) is 12.7 Å². The molecule has 1 fully saturated rings. The Morgan fingerprint density at radius 1 is 1.07 bits per heavy atom. The molecule has 0 spiro atoms. The van der Waals surface area contributed by atoms with Crippen LogP contribution in [0.5, 0.6) is 0 Å². The second kappa shape index (κ2) is 7.14. The first-order valence-electron chi connectivity index (χ1n) is 8.67. The molecule has 2 aromatic heterocycles. The van der Waals surface area contributed by atoms with Gasteiger partial charge < -0.3 is 4.90 Å². The lowest BCUT2D eigenvalue weighted by molar-refractivity contribution is 0.433. The molecular formula is C18H19FN4O2S2. The third-order valence-corrected chi connectivity index (χ3v) is 7.51. The molecule has 27 heavy (non-hydrogen) atoms. The summed E-state index contributed by atoms with van der Waals surface area (Å²) in [6, 6.07) is 7.05. The number of rotatable bonds is 3. The van der Waals surface area contributed by atoms with Crippen LogP contribution in [0.1, 0.15) is 11.3 Å². The maximum absolute atomic E-state index is 13.1. The van der Waals surface area contributed by atoms with Gasteiger partial charge in [-0.15, -0.1) is 11.3 Å².